The standard InChI is InChI=1S/C15H16N2S/c1-2-6-15-14(5-1)12(10-17-15)7-8-16-11-13-4-3-9-18-13/h1-6,9-10,16-17H,7-8,11H2. The second-order valence-electron chi connectivity index (χ2n) is 4.37. The smallest absolute Gasteiger partial charge is 0.0456 e. The molecular weight excluding hydrogens is 240 g/mol. The first-order valence-corrected chi connectivity index (χ1v) is 7.09. The van der Waals surface area contributed by atoms with Gasteiger partial charge in [-0.05, 0) is 36.0 Å². The normalized spacial score (nSPS) is 11.1. The largest absolute Gasteiger partial charge is 0.361 e. The van der Waals surface area contributed by atoms with Crippen molar-refractivity contribution in [2.75, 3.05) is 6.54 Å². The van der Waals surface area contributed by atoms with Gasteiger partial charge >= 0.3 is 0 Å². The molecule has 0 amide bonds. The minimum Gasteiger partial charge on any atom is -0.361 e. The van der Waals surface area contributed by atoms with Crippen molar-refractivity contribution >= 4 is 22.2 Å². The van der Waals surface area contributed by atoms with Gasteiger partial charge in [0, 0.05) is 28.5 Å². The summed E-state index contributed by atoms with van der Waals surface area (Å²) in [7, 11) is 0. The van der Waals surface area contributed by atoms with Gasteiger partial charge in [0.15, 0.2) is 0 Å². The van der Waals surface area contributed by atoms with Gasteiger partial charge in [-0.15, -0.1) is 11.3 Å². The first-order chi connectivity index (χ1) is 8.93. The molecule has 2 heterocycles. The molecule has 0 bridgehead atoms. The Morgan fingerprint density at radius 1 is 1.11 bits per heavy atom. The van der Waals surface area contributed by atoms with E-state index in [0.717, 1.165) is 19.5 Å². The van der Waals surface area contributed by atoms with Crippen molar-refractivity contribution in [1.82, 2.24) is 10.3 Å². The van der Waals surface area contributed by atoms with Gasteiger partial charge in [-0.1, -0.05) is 24.3 Å². The Bertz CT molecular complexity index is 610. The zero-order valence-corrected chi connectivity index (χ0v) is 11.0. The van der Waals surface area contributed by atoms with E-state index >= 15 is 0 Å². The van der Waals surface area contributed by atoms with Crippen molar-refractivity contribution in [2.24, 2.45) is 0 Å². The summed E-state index contributed by atoms with van der Waals surface area (Å²) < 4.78 is 0. The number of para-hydroxylation sites is 1. The van der Waals surface area contributed by atoms with Crippen LogP contribution in [-0.2, 0) is 13.0 Å². The lowest BCUT2D eigenvalue weighted by Crippen LogP contribution is -2.15. The Morgan fingerprint density at radius 2 is 2.06 bits per heavy atom. The van der Waals surface area contributed by atoms with Crippen molar-refractivity contribution < 1.29 is 0 Å². The maximum Gasteiger partial charge on any atom is 0.0456 e. The lowest BCUT2D eigenvalue weighted by Gasteiger charge is -2.02. The molecule has 0 saturated heterocycles. The van der Waals surface area contributed by atoms with E-state index in [-0.39, 0.29) is 0 Å². The molecule has 3 rings (SSSR count). The van der Waals surface area contributed by atoms with Crippen LogP contribution in [0.25, 0.3) is 10.9 Å². The van der Waals surface area contributed by atoms with E-state index in [1.165, 1.54) is 21.3 Å². The van der Waals surface area contributed by atoms with E-state index < -0.39 is 0 Å². The number of thiophene rings is 1. The minimum absolute atomic E-state index is 0.972. The number of benzene rings is 1. The van der Waals surface area contributed by atoms with E-state index in [4.69, 9.17) is 0 Å². The summed E-state index contributed by atoms with van der Waals surface area (Å²) in [6.45, 7) is 1.99. The number of fused-ring (bicyclic) bond motifs is 1. The molecule has 2 N–H and O–H groups in total. The Labute approximate surface area is 111 Å². The zero-order chi connectivity index (χ0) is 12.2. The summed E-state index contributed by atoms with van der Waals surface area (Å²) in [5.74, 6) is 0. The first kappa shape index (κ1) is 11.5. The molecule has 0 aliphatic rings. The Hall–Kier alpha value is -1.58. The zero-order valence-electron chi connectivity index (χ0n) is 10.1. The monoisotopic (exact) mass is 256 g/mol. The van der Waals surface area contributed by atoms with E-state index in [1.54, 1.807) is 11.3 Å². The Morgan fingerprint density at radius 3 is 2.94 bits per heavy atom. The van der Waals surface area contributed by atoms with Crippen LogP contribution in [-0.4, -0.2) is 11.5 Å². The number of rotatable bonds is 5. The van der Waals surface area contributed by atoms with Gasteiger partial charge in [-0.25, -0.2) is 0 Å². The fourth-order valence-corrected chi connectivity index (χ4v) is 2.86. The van der Waals surface area contributed by atoms with Gasteiger partial charge in [-0.3, -0.25) is 0 Å². The van der Waals surface area contributed by atoms with Crippen LogP contribution in [0, 0.1) is 0 Å². The van der Waals surface area contributed by atoms with E-state index in [0.29, 0.717) is 0 Å². The molecule has 0 fully saturated rings. The number of aromatic amines is 1. The molecule has 0 radical (unpaired) electrons. The highest BCUT2D eigenvalue weighted by Gasteiger charge is 2.02. The minimum atomic E-state index is 0.972. The topological polar surface area (TPSA) is 27.8 Å². The fraction of sp³-hybridized carbons (Fsp3) is 0.200. The highest BCUT2D eigenvalue weighted by Crippen LogP contribution is 2.17. The predicted octanol–water partition coefficient (Wildman–Crippen LogP) is 3.56. The van der Waals surface area contributed by atoms with E-state index in [2.05, 4.69) is 58.3 Å². The summed E-state index contributed by atoms with van der Waals surface area (Å²) in [4.78, 5) is 4.71. The number of nitrogens with one attached hydrogen (secondary N) is 2. The number of hydrogen-bond donors (Lipinski definition) is 2. The number of H-pyrrole nitrogens is 1. The second kappa shape index (κ2) is 5.38. The lowest BCUT2D eigenvalue weighted by molar-refractivity contribution is 0.695. The summed E-state index contributed by atoms with van der Waals surface area (Å²) in [5.41, 5.74) is 2.62. The van der Waals surface area contributed by atoms with Gasteiger partial charge in [0.2, 0.25) is 0 Å². The summed E-state index contributed by atoms with van der Waals surface area (Å²) in [6.07, 6.45) is 3.19. The molecule has 0 saturated carbocycles. The quantitative estimate of drug-likeness (QED) is 0.671. The molecule has 18 heavy (non-hydrogen) atoms. The molecule has 0 aliphatic carbocycles. The molecule has 0 aliphatic heterocycles. The molecule has 1 aromatic carbocycles. The summed E-state index contributed by atoms with van der Waals surface area (Å²) in [5, 5.41) is 6.95. The molecule has 2 aromatic heterocycles. The molecule has 92 valence electrons. The lowest BCUT2D eigenvalue weighted by atomic mass is 10.1. The van der Waals surface area contributed by atoms with Crippen molar-refractivity contribution in [1.29, 1.82) is 0 Å². The predicted molar refractivity (Wildman–Crippen MR) is 78.0 cm³/mol. The van der Waals surface area contributed by atoms with E-state index in [1.807, 2.05) is 0 Å². The molecule has 0 spiro atoms. The van der Waals surface area contributed by atoms with Crippen molar-refractivity contribution in [3.8, 4) is 0 Å². The second-order valence-corrected chi connectivity index (χ2v) is 5.40. The van der Waals surface area contributed by atoms with Gasteiger partial charge in [-0.2, -0.15) is 0 Å². The maximum absolute atomic E-state index is 3.49. The molecule has 3 aromatic rings. The van der Waals surface area contributed by atoms with Crippen LogP contribution >= 0.6 is 11.3 Å². The van der Waals surface area contributed by atoms with Crippen LogP contribution in [0.1, 0.15) is 10.4 Å². The van der Waals surface area contributed by atoms with Crippen LogP contribution in [0.3, 0.4) is 0 Å². The van der Waals surface area contributed by atoms with Crippen LogP contribution in [0.15, 0.2) is 48.0 Å². The summed E-state index contributed by atoms with van der Waals surface area (Å²) >= 11 is 1.80. The Balaban J connectivity index is 1.57. The Kier molecular flexibility index (Phi) is 3.44. The molecule has 0 atom stereocenters. The third-order valence-corrected chi connectivity index (χ3v) is 4.00. The summed E-state index contributed by atoms with van der Waals surface area (Å²) in [6, 6.07) is 12.7. The van der Waals surface area contributed by atoms with Crippen molar-refractivity contribution in [2.45, 2.75) is 13.0 Å². The first-order valence-electron chi connectivity index (χ1n) is 6.21. The fourth-order valence-electron chi connectivity index (χ4n) is 2.19. The average Bonchev–Trinajstić information content (AvgIpc) is 3.04. The van der Waals surface area contributed by atoms with Crippen molar-refractivity contribution in [3.63, 3.8) is 0 Å². The van der Waals surface area contributed by atoms with Crippen LogP contribution in [0.4, 0.5) is 0 Å². The molecular formula is C15H16N2S. The third-order valence-electron chi connectivity index (χ3n) is 3.13. The average molecular weight is 256 g/mol. The van der Waals surface area contributed by atoms with E-state index in [9.17, 15) is 0 Å². The maximum atomic E-state index is 3.49. The molecule has 2 nitrogen and oxygen atoms in total. The third kappa shape index (κ3) is 2.47. The van der Waals surface area contributed by atoms with Gasteiger partial charge in [0.05, 0.1) is 0 Å². The van der Waals surface area contributed by atoms with Crippen LogP contribution < -0.4 is 5.32 Å². The van der Waals surface area contributed by atoms with Crippen molar-refractivity contribution in [3.05, 3.63) is 58.4 Å². The number of aromatic nitrogens is 1. The highest BCUT2D eigenvalue weighted by molar-refractivity contribution is 7.09. The SMILES string of the molecule is c1csc(CNCCc2c[nH]c3ccccc23)c1. The highest BCUT2D eigenvalue weighted by atomic mass is 32.1. The molecule has 3 heteroatoms. The van der Waals surface area contributed by atoms with Gasteiger partial charge in [0.25, 0.3) is 0 Å². The van der Waals surface area contributed by atoms with Crippen LogP contribution in [0.5, 0.6) is 0 Å². The van der Waals surface area contributed by atoms with Crippen LogP contribution in [0.2, 0.25) is 0 Å². The molecule has 0 unspecified atom stereocenters. The van der Waals surface area contributed by atoms with Gasteiger partial charge < -0.3 is 10.3 Å². The number of hydrogen-bond acceptors (Lipinski definition) is 2. The van der Waals surface area contributed by atoms with Gasteiger partial charge in [0.1, 0.15) is 0 Å².